The first-order valence-corrected chi connectivity index (χ1v) is 8.97. The van der Waals surface area contributed by atoms with Gasteiger partial charge in [-0.2, -0.15) is 0 Å². The normalized spacial score (nSPS) is 14.0. The van der Waals surface area contributed by atoms with Crippen molar-refractivity contribution in [2.24, 2.45) is 0 Å². The molecule has 5 nitrogen and oxygen atoms in total. The van der Waals surface area contributed by atoms with E-state index >= 15 is 0 Å². The van der Waals surface area contributed by atoms with Gasteiger partial charge in [0.25, 0.3) is 5.56 Å². The Morgan fingerprint density at radius 3 is 2.62 bits per heavy atom. The van der Waals surface area contributed by atoms with E-state index < -0.39 is 0 Å². The highest BCUT2D eigenvalue weighted by Crippen LogP contribution is 2.24. The molecule has 5 heteroatoms. The van der Waals surface area contributed by atoms with E-state index in [1.54, 1.807) is 13.1 Å². The third-order valence-corrected chi connectivity index (χ3v) is 5.09. The van der Waals surface area contributed by atoms with E-state index in [-0.39, 0.29) is 5.56 Å². The molecule has 1 aliphatic heterocycles. The van der Waals surface area contributed by atoms with Crippen molar-refractivity contribution in [3.8, 4) is 11.4 Å². The largest absolute Gasteiger partial charge is 0.352 e. The molecule has 1 aromatic carbocycles. The van der Waals surface area contributed by atoms with Gasteiger partial charge in [0.15, 0.2) is 0 Å². The van der Waals surface area contributed by atoms with Crippen LogP contribution in [0, 0.1) is 13.8 Å². The monoisotopic (exact) mass is 346 g/mol. The SMILES string of the molecule is Cc1nc(-c2ccc(N3CCCc4ccccc4C3)nc2)[nH]c(=O)c1C. The Hall–Kier alpha value is -2.95. The molecule has 3 heterocycles. The smallest absolute Gasteiger partial charge is 0.254 e. The lowest BCUT2D eigenvalue weighted by atomic mass is 10.0. The maximum Gasteiger partial charge on any atom is 0.254 e. The minimum atomic E-state index is -0.0966. The van der Waals surface area contributed by atoms with Gasteiger partial charge in [0.2, 0.25) is 0 Å². The summed E-state index contributed by atoms with van der Waals surface area (Å²) in [5, 5.41) is 0. The first-order valence-electron chi connectivity index (χ1n) is 8.97. The van der Waals surface area contributed by atoms with Gasteiger partial charge >= 0.3 is 0 Å². The maximum atomic E-state index is 12.0. The number of fused-ring (bicyclic) bond motifs is 1. The van der Waals surface area contributed by atoms with Crippen molar-refractivity contribution in [3.63, 3.8) is 0 Å². The van der Waals surface area contributed by atoms with Crippen LogP contribution >= 0.6 is 0 Å². The van der Waals surface area contributed by atoms with E-state index in [1.807, 2.05) is 19.1 Å². The van der Waals surface area contributed by atoms with Gasteiger partial charge in [-0.05, 0) is 49.9 Å². The highest BCUT2D eigenvalue weighted by Gasteiger charge is 2.15. The molecule has 0 fully saturated rings. The predicted molar refractivity (Wildman–Crippen MR) is 103 cm³/mol. The van der Waals surface area contributed by atoms with Crippen LogP contribution in [0.4, 0.5) is 5.82 Å². The number of nitrogens with zero attached hydrogens (tertiary/aromatic N) is 3. The number of nitrogens with one attached hydrogen (secondary N) is 1. The predicted octanol–water partition coefficient (Wildman–Crippen LogP) is 3.40. The summed E-state index contributed by atoms with van der Waals surface area (Å²) in [6.45, 7) is 5.50. The molecule has 0 amide bonds. The molecule has 1 aliphatic rings. The second-order valence-corrected chi connectivity index (χ2v) is 6.82. The fourth-order valence-corrected chi connectivity index (χ4v) is 3.39. The summed E-state index contributed by atoms with van der Waals surface area (Å²) in [4.78, 5) is 26.2. The van der Waals surface area contributed by atoms with Crippen molar-refractivity contribution in [1.82, 2.24) is 15.0 Å². The van der Waals surface area contributed by atoms with Crippen LogP contribution in [0.25, 0.3) is 11.4 Å². The number of benzene rings is 1. The summed E-state index contributed by atoms with van der Waals surface area (Å²) in [6, 6.07) is 12.6. The second-order valence-electron chi connectivity index (χ2n) is 6.82. The summed E-state index contributed by atoms with van der Waals surface area (Å²) >= 11 is 0. The first kappa shape index (κ1) is 16.5. The maximum absolute atomic E-state index is 12.0. The topological polar surface area (TPSA) is 61.9 Å². The van der Waals surface area contributed by atoms with Crippen molar-refractivity contribution in [2.75, 3.05) is 11.4 Å². The number of hydrogen-bond donors (Lipinski definition) is 1. The molecular formula is C21H22N4O. The van der Waals surface area contributed by atoms with E-state index in [9.17, 15) is 4.79 Å². The third kappa shape index (κ3) is 3.12. The molecule has 0 bridgehead atoms. The summed E-state index contributed by atoms with van der Waals surface area (Å²) in [7, 11) is 0. The number of aryl methyl sites for hydroxylation is 2. The number of aromatic amines is 1. The van der Waals surface area contributed by atoms with Gasteiger partial charge in [0, 0.05) is 36.1 Å². The van der Waals surface area contributed by atoms with Crippen LogP contribution in [-0.4, -0.2) is 21.5 Å². The van der Waals surface area contributed by atoms with Crippen molar-refractivity contribution < 1.29 is 0 Å². The molecule has 0 aliphatic carbocycles. The summed E-state index contributed by atoms with van der Waals surface area (Å²) in [6.07, 6.45) is 4.02. The van der Waals surface area contributed by atoms with E-state index in [2.05, 4.69) is 44.1 Å². The molecule has 132 valence electrons. The molecule has 0 unspecified atom stereocenters. The van der Waals surface area contributed by atoms with Gasteiger partial charge in [-0.1, -0.05) is 24.3 Å². The molecule has 0 atom stereocenters. The average molecular weight is 346 g/mol. The Morgan fingerprint density at radius 2 is 1.88 bits per heavy atom. The number of pyridine rings is 1. The molecule has 3 aromatic rings. The van der Waals surface area contributed by atoms with Crippen molar-refractivity contribution in [1.29, 1.82) is 0 Å². The Morgan fingerprint density at radius 1 is 1.08 bits per heavy atom. The lowest BCUT2D eigenvalue weighted by Crippen LogP contribution is -2.23. The van der Waals surface area contributed by atoms with Crippen molar-refractivity contribution in [2.45, 2.75) is 33.2 Å². The van der Waals surface area contributed by atoms with E-state index in [0.29, 0.717) is 11.4 Å². The lowest BCUT2D eigenvalue weighted by molar-refractivity contribution is 0.755. The molecule has 26 heavy (non-hydrogen) atoms. The fourth-order valence-electron chi connectivity index (χ4n) is 3.39. The lowest BCUT2D eigenvalue weighted by Gasteiger charge is -2.22. The zero-order chi connectivity index (χ0) is 18.1. The molecule has 0 radical (unpaired) electrons. The highest BCUT2D eigenvalue weighted by molar-refractivity contribution is 5.57. The van der Waals surface area contributed by atoms with Gasteiger partial charge < -0.3 is 9.88 Å². The quantitative estimate of drug-likeness (QED) is 0.772. The summed E-state index contributed by atoms with van der Waals surface area (Å²) < 4.78 is 0. The molecule has 2 aromatic heterocycles. The van der Waals surface area contributed by atoms with Gasteiger partial charge in [0.1, 0.15) is 11.6 Å². The van der Waals surface area contributed by atoms with Gasteiger partial charge in [-0.25, -0.2) is 9.97 Å². The number of hydrogen-bond acceptors (Lipinski definition) is 4. The van der Waals surface area contributed by atoms with Crippen molar-refractivity contribution >= 4 is 5.82 Å². The Kier molecular flexibility index (Phi) is 4.29. The Labute approximate surface area is 152 Å². The summed E-state index contributed by atoms with van der Waals surface area (Å²) in [5.74, 6) is 1.52. The van der Waals surface area contributed by atoms with Crippen molar-refractivity contribution in [3.05, 3.63) is 75.3 Å². The van der Waals surface area contributed by atoms with Crippen LogP contribution in [0.15, 0.2) is 47.4 Å². The molecular weight excluding hydrogens is 324 g/mol. The van der Waals surface area contributed by atoms with Crippen LogP contribution in [0.5, 0.6) is 0 Å². The zero-order valence-electron chi connectivity index (χ0n) is 15.1. The standard InChI is InChI=1S/C21H22N4O/c1-14-15(2)23-20(24-21(14)26)17-9-10-19(22-12-17)25-11-5-8-16-6-3-4-7-18(16)13-25/h3-4,6-7,9-10,12H,5,8,11,13H2,1-2H3,(H,23,24,26). The van der Waals surface area contributed by atoms with Gasteiger partial charge in [0.05, 0.1) is 0 Å². The zero-order valence-corrected chi connectivity index (χ0v) is 15.1. The Bertz CT molecular complexity index is 992. The molecule has 0 saturated heterocycles. The van der Waals surface area contributed by atoms with Crippen LogP contribution < -0.4 is 10.5 Å². The van der Waals surface area contributed by atoms with E-state index in [1.165, 1.54) is 11.1 Å². The van der Waals surface area contributed by atoms with E-state index in [0.717, 1.165) is 43.0 Å². The van der Waals surface area contributed by atoms with Crippen LogP contribution in [0.2, 0.25) is 0 Å². The second kappa shape index (κ2) is 6.75. The number of rotatable bonds is 2. The number of aromatic nitrogens is 3. The fraction of sp³-hybridized carbons (Fsp3) is 0.286. The number of anilines is 1. The molecule has 4 rings (SSSR count). The highest BCUT2D eigenvalue weighted by atomic mass is 16.1. The first-order chi connectivity index (χ1) is 12.6. The summed E-state index contributed by atoms with van der Waals surface area (Å²) in [5.41, 5.74) is 4.93. The van der Waals surface area contributed by atoms with Gasteiger partial charge in [-0.15, -0.1) is 0 Å². The van der Waals surface area contributed by atoms with Crippen LogP contribution in [0.3, 0.4) is 0 Å². The molecule has 1 N–H and O–H groups in total. The van der Waals surface area contributed by atoms with Crippen LogP contribution in [-0.2, 0) is 13.0 Å². The minimum absolute atomic E-state index is 0.0966. The third-order valence-electron chi connectivity index (χ3n) is 5.09. The Balaban J connectivity index is 1.61. The van der Waals surface area contributed by atoms with Gasteiger partial charge in [-0.3, -0.25) is 4.79 Å². The average Bonchev–Trinajstić information content (AvgIpc) is 2.88. The van der Waals surface area contributed by atoms with Crippen LogP contribution in [0.1, 0.15) is 28.8 Å². The van der Waals surface area contributed by atoms with E-state index in [4.69, 9.17) is 0 Å². The minimum Gasteiger partial charge on any atom is -0.352 e. The molecule has 0 saturated carbocycles. The molecule has 0 spiro atoms. The number of H-pyrrole nitrogens is 1.